The summed E-state index contributed by atoms with van der Waals surface area (Å²) >= 11 is 0. The quantitative estimate of drug-likeness (QED) is 0.619. The van der Waals surface area contributed by atoms with Crippen LogP contribution in [0.4, 0.5) is 18.9 Å². The number of nitrogens with zero attached hydrogens (tertiary/aromatic N) is 1. The van der Waals surface area contributed by atoms with Gasteiger partial charge in [0.1, 0.15) is 5.75 Å². The molecule has 0 aromatic heterocycles. The lowest BCUT2D eigenvalue weighted by Crippen LogP contribution is -2.31. The molecule has 0 spiro atoms. The molecule has 2 rings (SSSR count). The zero-order valence-corrected chi connectivity index (χ0v) is 11.9. The number of alkyl halides is 3. The van der Waals surface area contributed by atoms with Crippen molar-refractivity contribution in [2.75, 3.05) is 7.11 Å². The van der Waals surface area contributed by atoms with Gasteiger partial charge in [0.15, 0.2) is 5.75 Å². The van der Waals surface area contributed by atoms with Crippen LogP contribution in [-0.2, 0) is 0 Å². The molecule has 0 heterocycles. The third-order valence-electron chi connectivity index (χ3n) is 3.79. The smallest absolute Gasteiger partial charge is 0.391 e. The molecule has 0 saturated heterocycles. The van der Waals surface area contributed by atoms with Gasteiger partial charge in [-0.15, -0.1) is 0 Å². The SMILES string of the molecule is COc1ccc(OC2CCC(C(F)(F)F)CC2)cc1[N+](=O)[O-]. The zero-order chi connectivity index (χ0) is 16.3. The Morgan fingerprint density at radius 2 is 1.86 bits per heavy atom. The first-order valence-corrected chi connectivity index (χ1v) is 6.87. The van der Waals surface area contributed by atoms with Crippen LogP contribution in [0.25, 0.3) is 0 Å². The second kappa shape index (κ2) is 6.41. The number of hydrogen-bond donors (Lipinski definition) is 0. The molecule has 8 heteroatoms. The van der Waals surface area contributed by atoms with Gasteiger partial charge in [-0.3, -0.25) is 10.1 Å². The average Bonchev–Trinajstić information content (AvgIpc) is 2.46. The molecule has 22 heavy (non-hydrogen) atoms. The van der Waals surface area contributed by atoms with E-state index in [1.54, 1.807) is 0 Å². The molecule has 0 radical (unpaired) electrons. The third kappa shape index (κ3) is 3.80. The van der Waals surface area contributed by atoms with E-state index in [0.717, 1.165) is 0 Å². The van der Waals surface area contributed by atoms with Gasteiger partial charge in [-0.05, 0) is 37.8 Å². The number of nitro groups is 1. The zero-order valence-electron chi connectivity index (χ0n) is 11.9. The molecule has 0 N–H and O–H groups in total. The summed E-state index contributed by atoms with van der Waals surface area (Å²) in [5, 5.41) is 10.9. The van der Waals surface area contributed by atoms with Gasteiger partial charge in [-0.2, -0.15) is 13.2 Å². The lowest BCUT2D eigenvalue weighted by Gasteiger charge is -2.30. The molecule has 122 valence electrons. The van der Waals surface area contributed by atoms with Crippen LogP contribution in [0.5, 0.6) is 11.5 Å². The summed E-state index contributed by atoms with van der Waals surface area (Å²) in [4.78, 5) is 10.3. The minimum atomic E-state index is -4.16. The second-order valence-electron chi connectivity index (χ2n) is 5.22. The summed E-state index contributed by atoms with van der Waals surface area (Å²) in [6, 6.07) is 4.16. The van der Waals surface area contributed by atoms with E-state index in [-0.39, 0.29) is 49.0 Å². The van der Waals surface area contributed by atoms with Crippen molar-refractivity contribution in [1.29, 1.82) is 0 Å². The monoisotopic (exact) mass is 319 g/mol. The van der Waals surface area contributed by atoms with Crippen LogP contribution in [0, 0.1) is 16.0 Å². The average molecular weight is 319 g/mol. The molecular formula is C14H16F3NO4. The highest BCUT2D eigenvalue weighted by atomic mass is 19.4. The normalized spacial score (nSPS) is 22.2. The number of methoxy groups -OCH3 is 1. The Labute approximate surface area is 125 Å². The molecule has 1 aromatic rings. The molecule has 1 aromatic carbocycles. The Bertz CT molecular complexity index is 539. The summed E-state index contributed by atoms with van der Waals surface area (Å²) in [5.41, 5.74) is -0.232. The van der Waals surface area contributed by atoms with E-state index < -0.39 is 17.0 Å². The lowest BCUT2D eigenvalue weighted by atomic mass is 9.87. The van der Waals surface area contributed by atoms with Gasteiger partial charge < -0.3 is 9.47 Å². The van der Waals surface area contributed by atoms with Crippen LogP contribution < -0.4 is 9.47 Å². The predicted octanol–water partition coefficient (Wildman–Crippen LogP) is 4.10. The second-order valence-corrected chi connectivity index (χ2v) is 5.22. The van der Waals surface area contributed by atoms with Crippen molar-refractivity contribution >= 4 is 5.69 Å². The highest BCUT2D eigenvalue weighted by Gasteiger charge is 2.41. The van der Waals surface area contributed by atoms with Crippen molar-refractivity contribution in [2.45, 2.75) is 38.0 Å². The minimum Gasteiger partial charge on any atom is -0.490 e. The molecule has 0 bridgehead atoms. The molecule has 0 atom stereocenters. The Morgan fingerprint density at radius 1 is 1.23 bits per heavy atom. The van der Waals surface area contributed by atoms with Gasteiger partial charge in [-0.25, -0.2) is 0 Å². The Morgan fingerprint density at radius 3 is 2.36 bits per heavy atom. The summed E-state index contributed by atoms with van der Waals surface area (Å²) in [5.74, 6) is -0.904. The fraction of sp³-hybridized carbons (Fsp3) is 0.571. The number of benzene rings is 1. The molecule has 5 nitrogen and oxygen atoms in total. The van der Waals surface area contributed by atoms with Gasteiger partial charge in [0.2, 0.25) is 0 Å². The third-order valence-corrected chi connectivity index (χ3v) is 3.79. The van der Waals surface area contributed by atoms with Gasteiger partial charge in [0, 0.05) is 0 Å². The van der Waals surface area contributed by atoms with Crippen LogP contribution in [0.15, 0.2) is 18.2 Å². The van der Waals surface area contributed by atoms with Crippen molar-refractivity contribution in [3.05, 3.63) is 28.3 Å². The van der Waals surface area contributed by atoms with Gasteiger partial charge in [-0.1, -0.05) is 0 Å². The highest BCUT2D eigenvalue weighted by Crippen LogP contribution is 2.39. The lowest BCUT2D eigenvalue weighted by molar-refractivity contribution is -0.385. The Kier molecular flexibility index (Phi) is 4.77. The summed E-state index contributed by atoms with van der Waals surface area (Å²) in [6.07, 6.45) is -3.91. The van der Waals surface area contributed by atoms with Crippen molar-refractivity contribution in [2.24, 2.45) is 5.92 Å². The molecule has 1 aliphatic rings. The summed E-state index contributed by atoms with van der Waals surface area (Å²) in [6.45, 7) is 0. The molecule has 0 unspecified atom stereocenters. The standard InChI is InChI=1S/C14H16F3NO4/c1-21-13-7-6-11(8-12(13)18(19)20)22-10-4-2-9(3-5-10)14(15,16)17/h6-10H,2-5H2,1H3. The van der Waals surface area contributed by atoms with Crippen molar-refractivity contribution in [1.82, 2.24) is 0 Å². The predicted molar refractivity (Wildman–Crippen MR) is 72.1 cm³/mol. The van der Waals surface area contributed by atoms with Crippen LogP contribution in [0.3, 0.4) is 0 Å². The number of hydrogen-bond acceptors (Lipinski definition) is 4. The van der Waals surface area contributed by atoms with Crippen LogP contribution >= 0.6 is 0 Å². The molecule has 1 aliphatic carbocycles. The fourth-order valence-electron chi connectivity index (χ4n) is 2.59. The summed E-state index contributed by atoms with van der Waals surface area (Å²) < 4.78 is 48.2. The van der Waals surface area contributed by atoms with Crippen LogP contribution in [0.2, 0.25) is 0 Å². The number of ether oxygens (including phenoxy) is 2. The maximum atomic E-state index is 12.6. The topological polar surface area (TPSA) is 61.6 Å². The molecular weight excluding hydrogens is 303 g/mol. The maximum Gasteiger partial charge on any atom is 0.391 e. The minimum absolute atomic E-state index is 0.0203. The first-order valence-electron chi connectivity index (χ1n) is 6.87. The number of nitro benzene ring substituents is 1. The fourth-order valence-corrected chi connectivity index (χ4v) is 2.59. The molecule has 0 amide bonds. The van der Waals surface area contributed by atoms with Gasteiger partial charge in [0.25, 0.3) is 0 Å². The first kappa shape index (κ1) is 16.4. The van der Waals surface area contributed by atoms with Gasteiger partial charge >= 0.3 is 11.9 Å². The Hall–Kier alpha value is -1.99. The largest absolute Gasteiger partial charge is 0.490 e. The van der Waals surface area contributed by atoms with E-state index >= 15 is 0 Å². The molecule has 1 saturated carbocycles. The van der Waals surface area contributed by atoms with Crippen LogP contribution in [0.1, 0.15) is 25.7 Å². The summed E-state index contributed by atoms with van der Waals surface area (Å²) in [7, 11) is 1.32. The number of rotatable bonds is 4. The van der Waals surface area contributed by atoms with Crippen molar-refractivity contribution < 1.29 is 27.6 Å². The molecule has 1 fully saturated rings. The van der Waals surface area contributed by atoms with E-state index in [4.69, 9.17) is 9.47 Å². The van der Waals surface area contributed by atoms with E-state index in [1.165, 1.54) is 25.3 Å². The van der Waals surface area contributed by atoms with E-state index in [9.17, 15) is 23.3 Å². The van der Waals surface area contributed by atoms with Crippen molar-refractivity contribution in [3.63, 3.8) is 0 Å². The van der Waals surface area contributed by atoms with Crippen LogP contribution in [-0.4, -0.2) is 24.3 Å². The first-order chi connectivity index (χ1) is 10.3. The highest BCUT2D eigenvalue weighted by molar-refractivity contribution is 5.50. The maximum absolute atomic E-state index is 12.6. The van der Waals surface area contributed by atoms with Crippen molar-refractivity contribution in [3.8, 4) is 11.5 Å². The van der Waals surface area contributed by atoms with E-state index in [0.29, 0.717) is 0 Å². The van der Waals surface area contributed by atoms with Gasteiger partial charge in [0.05, 0.1) is 30.1 Å². The Balaban J connectivity index is 2.01. The van der Waals surface area contributed by atoms with E-state index in [2.05, 4.69) is 0 Å². The molecule has 0 aliphatic heterocycles. The van der Waals surface area contributed by atoms with E-state index in [1.807, 2.05) is 0 Å². The number of halogens is 3.